The fourth-order valence-electron chi connectivity index (χ4n) is 1.72. The summed E-state index contributed by atoms with van der Waals surface area (Å²) in [5.74, 6) is -0.302. The molecule has 1 amide bonds. The lowest BCUT2D eigenvalue weighted by Gasteiger charge is -2.26. The van der Waals surface area contributed by atoms with Crippen molar-refractivity contribution in [1.29, 1.82) is 0 Å². The molecule has 0 spiro atoms. The van der Waals surface area contributed by atoms with Gasteiger partial charge < -0.3 is 15.4 Å². The van der Waals surface area contributed by atoms with Crippen molar-refractivity contribution >= 4 is 22.6 Å². The summed E-state index contributed by atoms with van der Waals surface area (Å²) in [4.78, 5) is 23.9. The molecule has 0 bridgehead atoms. The molecule has 1 unspecified atom stereocenters. The monoisotopic (exact) mass is 288 g/mol. The zero-order valence-electron chi connectivity index (χ0n) is 12.7. The van der Waals surface area contributed by atoms with E-state index in [1.165, 1.54) is 0 Å². The maximum Gasteiger partial charge on any atom is 0.255 e. The minimum absolute atomic E-state index is 0.302. The Bertz CT molecular complexity index is 697. The topological polar surface area (TPSA) is 90.9 Å². The molecule has 0 radical (unpaired) electrons. The average Bonchev–Trinajstić information content (AvgIpc) is 2.80. The molecule has 6 heteroatoms. The highest BCUT2D eigenvalue weighted by Crippen LogP contribution is 2.18. The molecule has 2 aromatic rings. The lowest BCUT2D eigenvalue weighted by Crippen LogP contribution is -2.47. The molecule has 112 valence electrons. The normalized spacial score (nSPS) is 13.2. The van der Waals surface area contributed by atoms with Crippen molar-refractivity contribution < 1.29 is 9.90 Å². The largest absolute Gasteiger partial charge is 0.388 e. The number of aromatic amines is 1. The van der Waals surface area contributed by atoms with E-state index in [4.69, 9.17) is 0 Å². The first-order chi connectivity index (χ1) is 9.70. The highest BCUT2D eigenvalue weighted by atomic mass is 16.3. The third kappa shape index (κ3) is 3.11. The number of carbonyl (C=O) groups is 1. The van der Waals surface area contributed by atoms with Gasteiger partial charge in [0.05, 0.1) is 29.1 Å². The van der Waals surface area contributed by atoms with Crippen LogP contribution in [0.5, 0.6) is 0 Å². The average molecular weight is 288 g/mol. The standard InChI is InChI=1S/C15H20N4O2/c1-8(2)11-7-17-13-12(19-11)10(6-16-13)14(20)18-9(3)15(4,5)21/h6-7,9,21H,1H2,2-5H3,(H,16,17)(H,18,20). The van der Waals surface area contributed by atoms with Crippen LogP contribution in [0.2, 0.25) is 0 Å². The second-order valence-electron chi connectivity index (χ2n) is 5.78. The Kier molecular flexibility index (Phi) is 3.82. The molecule has 0 saturated carbocycles. The molecule has 0 aliphatic rings. The van der Waals surface area contributed by atoms with E-state index in [-0.39, 0.29) is 5.91 Å². The quantitative estimate of drug-likeness (QED) is 0.801. The van der Waals surface area contributed by atoms with Gasteiger partial charge in [-0.15, -0.1) is 0 Å². The van der Waals surface area contributed by atoms with Crippen molar-refractivity contribution in [3.63, 3.8) is 0 Å². The van der Waals surface area contributed by atoms with Gasteiger partial charge in [-0.2, -0.15) is 0 Å². The van der Waals surface area contributed by atoms with E-state index in [0.29, 0.717) is 22.4 Å². The Labute approximate surface area is 123 Å². The second kappa shape index (κ2) is 5.29. The number of aliphatic hydroxyl groups is 1. The Morgan fingerprint density at radius 2 is 2.19 bits per heavy atom. The van der Waals surface area contributed by atoms with E-state index < -0.39 is 11.6 Å². The minimum Gasteiger partial charge on any atom is -0.388 e. The number of hydrogen-bond donors (Lipinski definition) is 3. The van der Waals surface area contributed by atoms with E-state index in [2.05, 4.69) is 26.8 Å². The maximum absolute atomic E-state index is 12.3. The highest BCUT2D eigenvalue weighted by molar-refractivity contribution is 6.04. The summed E-state index contributed by atoms with van der Waals surface area (Å²) in [5, 5.41) is 12.7. The number of fused-ring (bicyclic) bond motifs is 1. The first-order valence-electron chi connectivity index (χ1n) is 6.73. The first kappa shape index (κ1) is 15.2. The summed E-state index contributed by atoms with van der Waals surface area (Å²) in [6, 6.07) is -0.396. The first-order valence-corrected chi connectivity index (χ1v) is 6.73. The van der Waals surface area contributed by atoms with Crippen molar-refractivity contribution in [2.24, 2.45) is 0 Å². The molecule has 1 atom stereocenters. The van der Waals surface area contributed by atoms with Gasteiger partial charge in [-0.25, -0.2) is 9.97 Å². The number of H-pyrrole nitrogens is 1. The zero-order valence-corrected chi connectivity index (χ0v) is 12.7. The van der Waals surface area contributed by atoms with Crippen molar-refractivity contribution in [3.8, 4) is 0 Å². The SMILES string of the molecule is C=C(C)c1cnc2[nH]cc(C(=O)NC(C)C(C)(C)O)c2n1. The van der Waals surface area contributed by atoms with Crippen molar-refractivity contribution in [2.45, 2.75) is 39.3 Å². The molecular weight excluding hydrogens is 268 g/mol. The number of nitrogens with one attached hydrogen (secondary N) is 2. The summed E-state index contributed by atoms with van der Waals surface area (Å²) in [6.07, 6.45) is 3.18. The van der Waals surface area contributed by atoms with Crippen molar-refractivity contribution in [3.05, 3.63) is 30.2 Å². The van der Waals surface area contributed by atoms with Crippen LogP contribution in [0.25, 0.3) is 16.7 Å². The zero-order chi connectivity index (χ0) is 15.8. The van der Waals surface area contributed by atoms with Gasteiger partial charge >= 0.3 is 0 Å². The van der Waals surface area contributed by atoms with Gasteiger partial charge in [0, 0.05) is 6.20 Å². The van der Waals surface area contributed by atoms with Crippen LogP contribution in [0, 0.1) is 0 Å². The lowest BCUT2D eigenvalue weighted by atomic mass is 10.0. The summed E-state index contributed by atoms with van der Waals surface area (Å²) in [7, 11) is 0. The summed E-state index contributed by atoms with van der Waals surface area (Å²) in [5.41, 5.74) is 1.86. The summed E-state index contributed by atoms with van der Waals surface area (Å²) in [6.45, 7) is 10.7. The molecule has 2 heterocycles. The van der Waals surface area contributed by atoms with Crippen LogP contribution < -0.4 is 5.32 Å². The molecule has 2 aromatic heterocycles. The molecule has 0 saturated heterocycles. The van der Waals surface area contributed by atoms with Gasteiger partial charge in [0.2, 0.25) is 0 Å². The Morgan fingerprint density at radius 3 is 2.76 bits per heavy atom. The van der Waals surface area contributed by atoms with Crippen LogP contribution in [-0.2, 0) is 0 Å². The number of rotatable bonds is 4. The van der Waals surface area contributed by atoms with Crippen molar-refractivity contribution in [1.82, 2.24) is 20.3 Å². The van der Waals surface area contributed by atoms with Gasteiger partial charge in [-0.05, 0) is 33.3 Å². The van der Waals surface area contributed by atoms with Gasteiger partial charge in [0.25, 0.3) is 5.91 Å². The van der Waals surface area contributed by atoms with Crippen molar-refractivity contribution in [2.75, 3.05) is 0 Å². The molecule has 0 fully saturated rings. The summed E-state index contributed by atoms with van der Waals surface area (Å²) < 4.78 is 0. The van der Waals surface area contributed by atoms with Gasteiger partial charge in [0.15, 0.2) is 5.65 Å². The fourth-order valence-corrected chi connectivity index (χ4v) is 1.72. The van der Waals surface area contributed by atoms with Crippen LogP contribution in [0.15, 0.2) is 19.0 Å². The van der Waals surface area contributed by atoms with Crippen LogP contribution in [-0.4, -0.2) is 37.6 Å². The molecule has 0 aromatic carbocycles. The lowest BCUT2D eigenvalue weighted by molar-refractivity contribution is 0.0409. The highest BCUT2D eigenvalue weighted by Gasteiger charge is 2.25. The van der Waals surface area contributed by atoms with E-state index in [1.54, 1.807) is 33.2 Å². The second-order valence-corrected chi connectivity index (χ2v) is 5.78. The van der Waals surface area contributed by atoms with Gasteiger partial charge in [0.1, 0.15) is 5.52 Å². The number of nitrogens with zero attached hydrogens (tertiary/aromatic N) is 2. The predicted molar refractivity (Wildman–Crippen MR) is 81.8 cm³/mol. The Balaban J connectivity index is 2.35. The number of carbonyl (C=O) groups excluding carboxylic acids is 1. The van der Waals surface area contributed by atoms with Crippen LogP contribution >= 0.6 is 0 Å². The molecule has 6 nitrogen and oxygen atoms in total. The molecule has 21 heavy (non-hydrogen) atoms. The van der Waals surface area contributed by atoms with Crippen LogP contribution in [0.3, 0.4) is 0 Å². The van der Waals surface area contributed by atoms with E-state index in [9.17, 15) is 9.90 Å². The predicted octanol–water partition coefficient (Wildman–Crippen LogP) is 1.88. The number of allylic oxidation sites excluding steroid dienone is 1. The number of hydrogen-bond acceptors (Lipinski definition) is 4. The van der Waals surface area contributed by atoms with Crippen LogP contribution in [0.4, 0.5) is 0 Å². The number of aromatic nitrogens is 3. The molecule has 2 rings (SSSR count). The van der Waals surface area contributed by atoms with E-state index >= 15 is 0 Å². The Hall–Kier alpha value is -2.21. The summed E-state index contributed by atoms with van der Waals surface area (Å²) >= 11 is 0. The van der Waals surface area contributed by atoms with Gasteiger partial charge in [-0.3, -0.25) is 4.79 Å². The molecule has 3 N–H and O–H groups in total. The number of amides is 1. The molecular formula is C15H20N4O2. The minimum atomic E-state index is -1.00. The maximum atomic E-state index is 12.3. The molecule has 0 aliphatic heterocycles. The van der Waals surface area contributed by atoms with Crippen LogP contribution in [0.1, 0.15) is 43.7 Å². The third-order valence-corrected chi connectivity index (χ3v) is 3.47. The van der Waals surface area contributed by atoms with Gasteiger partial charge in [-0.1, -0.05) is 6.58 Å². The van der Waals surface area contributed by atoms with E-state index in [0.717, 1.165) is 5.57 Å². The Morgan fingerprint density at radius 1 is 1.52 bits per heavy atom. The molecule has 0 aliphatic carbocycles. The fraction of sp³-hybridized carbons (Fsp3) is 0.400. The smallest absolute Gasteiger partial charge is 0.255 e. The third-order valence-electron chi connectivity index (χ3n) is 3.47. The van der Waals surface area contributed by atoms with E-state index in [1.807, 2.05) is 6.92 Å².